The van der Waals surface area contributed by atoms with E-state index >= 15 is 0 Å². The third kappa shape index (κ3) is 4.01. The number of nitrogens with two attached hydrogens (primary N) is 1. The molecule has 0 aliphatic heterocycles. The summed E-state index contributed by atoms with van der Waals surface area (Å²) in [5.74, 6) is 0.400. The molecule has 5 nitrogen and oxygen atoms in total. The van der Waals surface area contributed by atoms with Crippen molar-refractivity contribution in [3.8, 4) is 5.75 Å². The summed E-state index contributed by atoms with van der Waals surface area (Å²) in [4.78, 5) is 16.0. The van der Waals surface area contributed by atoms with Gasteiger partial charge < -0.3 is 15.8 Å². The number of benzene rings is 1. The summed E-state index contributed by atoms with van der Waals surface area (Å²) in [5, 5.41) is 4.43. The van der Waals surface area contributed by atoms with Gasteiger partial charge >= 0.3 is 0 Å². The van der Waals surface area contributed by atoms with Gasteiger partial charge in [0.25, 0.3) is 5.91 Å². The van der Waals surface area contributed by atoms with E-state index in [1.165, 1.54) is 11.3 Å². The second kappa shape index (κ2) is 6.26. The van der Waals surface area contributed by atoms with Gasteiger partial charge in [-0.25, -0.2) is 4.98 Å². The zero-order valence-corrected chi connectivity index (χ0v) is 11.5. The summed E-state index contributed by atoms with van der Waals surface area (Å²) in [6.45, 7) is 0.194. The fraction of sp³-hybridized carbons (Fsp3) is 0.0833. The maximum atomic E-state index is 11.7. The molecule has 0 aliphatic carbocycles. The first-order valence-electron chi connectivity index (χ1n) is 5.36. The summed E-state index contributed by atoms with van der Waals surface area (Å²) < 4.78 is 5.31. The first-order chi connectivity index (χ1) is 9.15. The van der Waals surface area contributed by atoms with Crippen LogP contribution in [-0.4, -0.2) is 22.5 Å². The largest absolute Gasteiger partial charge is 0.487 e. The Morgan fingerprint density at radius 2 is 2.16 bits per heavy atom. The number of aromatic nitrogens is 1. The van der Waals surface area contributed by atoms with Crippen molar-refractivity contribution in [1.82, 2.24) is 4.98 Å². The van der Waals surface area contributed by atoms with E-state index in [0.717, 1.165) is 0 Å². The normalized spacial score (nSPS) is 9.89. The van der Waals surface area contributed by atoms with Gasteiger partial charge in [-0.15, -0.1) is 11.3 Å². The molecule has 0 fully saturated rings. The first-order valence-corrected chi connectivity index (χ1v) is 6.71. The van der Waals surface area contributed by atoms with E-state index in [9.17, 15) is 4.79 Å². The fourth-order valence-electron chi connectivity index (χ4n) is 1.31. The summed E-state index contributed by atoms with van der Waals surface area (Å²) in [5.41, 5.74) is 8.02. The number of hydrogen-bond acceptors (Lipinski definition) is 5. The molecule has 2 rings (SSSR count). The van der Waals surface area contributed by atoms with Crippen molar-refractivity contribution < 1.29 is 9.53 Å². The maximum absolute atomic E-state index is 11.7. The highest BCUT2D eigenvalue weighted by Gasteiger charge is 2.07. The van der Waals surface area contributed by atoms with Crippen LogP contribution in [0.15, 0.2) is 35.2 Å². The number of amides is 1. The molecule has 98 valence electrons. The number of carbonyl (C=O) groups is 1. The molecule has 1 aromatic carbocycles. The molecule has 0 atom stereocenters. The molecule has 3 N–H and O–H groups in total. The Kier molecular flexibility index (Phi) is 4.43. The van der Waals surface area contributed by atoms with E-state index < -0.39 is 0 Å². The average Bonchev–Trinajstić information content (AvgIpc) is 2.92. The molecule has 0 saturated carbocycles. The summed E-state index contributed by atoms with van der Waals surface area (Å²) in [6.07, 6.45) is 0. The Balaban J connectivity index is 1.95. The second-order valence-electron chi connectivity index (χ2n) is 3.61. The number of hydrogen-bond donors (Lipinski definition) is 2. The van der Waals surface area contributed by atoms with Crippen LogP contribution >= 0.6 is 23.6 Å². The van der Waals surface area contributed by atoms with E-state index in [4.69, 9.17) is 22.7 Å². The predicted molar refractivity (Wildman–Crippen MR) is 78.8 cm³/mol. The molecule has 2 aromatic rings. The van der Waals surface area contributed by atoms with Crippen LogP contribution in [0.1, 0.15) is 10.5 Å². The van der Waals surface area contributed by atoms with Crippen molar-refractivity contribution in [2.75, 3.05) is 11.9 Å². The Labute approximate surface area is 119 Å². The number of nitrogens with zero attached hydrogens (tertiary/aromatic N) is 1. The molecule has 1 heterocycles. The van der Waals surface area contributed by atoms with Crippen LogP contribution in [0.4, 0.5) is 5.69 Å². The standard InChI is InChI=1S/C12H11N3O2S2/c13-11(18)5-17-9-3-1-8(2-4-9)15-12(16)10-6-19-7-14-10/h1-4,6-7H,5H2,(H2,13,18)(H,15,16). The molecule has 0 radical (unpaired) electrons. The topological polar surface area (TPSA) is 77.2 Å². The van der Waals surface area contributed by atoms with Gasteiger partial charge in [-0.2, -0.15) is 0 Å². The lowest BCUT2D eigenvalue weighted by molar-refractivity contribution is 0.102. The fourth-order valence-corrected chi connectivity index (χ4v) is 1.90. The average molecular weight is 293 g/mol. The third-order valence-electron chi connectivity index (χ3n) is 2.16. The van der Waals surface area contributed by atoms with Gasteiger partial charge in [-0.05, 0) is 24.3 Å². The lowest BCUT2D eigenvalue weighted by Gasteiger charge is -2.06. The lowest BCUT2D eigenvalue weighted by Crippen LogP contribution is -2.17. The van der Waals surface area contributed by atoms with Crippen LogP contribution in [-0.2, 0) is 0 Å². The Morgan fingerprint density at radius 3 is 2.74 bits per heavy atom. The first kappa shape index (κ1) is 13.4. The minimum atomic E-state index is -0.238. The van der Waals surface area contributed by atoms with Gasteiger partial charge in [0.2, 0.25) is 0 Å². The number of ether oxygens (including phenoxy) is 1. The van der Waals surface area contributed by atoms with E-state index in [1.807, 2.05) is 0 Å². The number of nitrogens with one attached hydrogen (secondary N) is 1. The van der Waals surface area contributed by atoms with Crippen molar-refractivity contribution in [3.05, 3.63) is 40.8 Å². The Morgan fingerprint density at radius 1 is 1.42 bits per heavy atom. The highest BCUT2D eigenvalue weighted by molar-refractivity contribution is 7.80. The predicted octanol–water partition coefficient (Wildman–Crippen LogP) is 2.06. The van der Waals surface area contributed by atoms with Crippen LogP contribution in [0.5, 0.6) is 5.75 Å². The number of thiazole rings is 1. The van der Waals surface area contributed by atoms with E-state index in [-0.39, 0.29) is 12.5 Å². The highest BCUT2D eigenvalue weighted by atomic mass is 32.1. The molecular formula is C12H11N3O2S2. The van der Waals surface area contributed by atoms with Gasteiger partial charge in [0.15, 0.2) is 0 Å². The van der Waals surface area contributed by atoms with Gasteiger partial charge in [-0.1, -0.05) is 12.2 Å². The van der Waals surface area contributed by atoms with Crippen molar-refractivity contribution in [2.24, 2.45) is 5.73 Å². The summed E-state index contributed by atoms with van der Waals surface area (Å²) in [7, 11) is 0. The van der Waals surface area contributed by atoms with Gasteiger partial charge in [0.1, 0.15) is 23.0 Å². The van der Waals surface area contributed by atoms with Crippen molar-refractivity contribution in [2.45, 2.75) is 0 Å². The van der Waals surface area contributed by atoms with Crippen LogP contribution in [0.3, 0.4) is 0 Å². The monoisotopic (exact) mass is 293 g/mol. The molecule has 7 heteroatoms. The number of rotatable bonds is 5. The van der Waals surface area contributed by atoms with Gasteiger partial charge in [0, 0.05) is 11.1 Å². The van der Waals surface area contributed by atoms with E-state index in [0.29, 0.717) is 22.1 Å². The van der Waals surface area contributed by atoms with Crippen molar-refractivity contribution in [3.63, 3.8) is 0 Å². The minimum Gasteiger partial charge on any atom is -0.487 e. The van der Waals surface area contributed by atoms with Crippen LogP contribution in [0.25, 0.3) is 0 Å². The summed E-state index contributed by atoms with van der Waals surface area (Å²) >= 11 is 6.09. The SMILES string of the molecule is NC(=S)COc1ccc(NC(=O)c2cscn2)cc1. The van der Waals surface area contributed by atoms with E-state index in [1.54, 1.807) is 35.2 Å². The zero-order valence-electron chi connectivity index (χ0n) is 9.83. The highest BCUT2D eigenvalue weighted by Crippen LogP contribution is 2.16. The number of carbonyl (C=O) groups excluding carboxylic acids is 1. The molecule has 0 aliphatic rings. The van der Waals surface area contributed by atoms with Crippen LogP contribution < -0.4 is 15.8 Å². The van der Waals surface area contributed by atoms with Crippen molar-refractivity contribution in [1.29, 1.82) is 0 Å². The molecule has 0 bridgehead atoms. The quantitative estimate of drug-likeness (QED) is 0.825. The Hall–Kier alpha value is -1.99. The van der Waals surface area contributed by atoms with Crippen LogP contribution in [0.2, 0.25) is 0 Å². The van der Waals surface area contributed by atoms with Gasteiger partial charge in [-0.3, -0.25) is 4.79 Å². The Bertz CT molecular complexity index is 567. The van der Waals surface area contributed by atoms with Crippen LogP contribution in [0, 0.1) is 0 Å². The van der Waals surface area contributed by atoms with Crippen molar-refractivity contribution >= 4 is 40.1 Å². The minimum absolute atomic E-state index is 0.194. The lowest BCUT2D eigenvalue weighted by atomic mass is 10.3. The smallest absolute Gasteiger partial charge is 0.275 e. The molecule has 1 aromatic heterocycles. The number of thiocarbonyl (C=S) groups is 1. The molecule has 0 spiro atoms. The molecule has 1 amide bonds. The molecular weight excluding hydrogens is 282 g/mol. The molecule has 19 heavy (non-hydrogen) atoms. The second-order valence-corrected chi connectivity index (χ2v) is 4.85. The molecule has 0 saturated heterocycles. The maximum Gasteiger partial charge on any atom is 0.275 e. The number of anilines is 1. The van der Waals surface area contributed by atoms with E-state index in [2.05, 4.69) is 10.3 Å². The third-order valence-corrected chi connectivity index (χ3v) is 2.86. The molecule has 0 unspecified atom stereocenters. The van der Waals surface area contributed by atoms with Gasteiger partial charge in [0.05, 0.1) is 5.51 Å². The zero-order chi connectivity index (χ0) is 13.7. The summed E-state index contributed by atoms with van der Waals surface area (Å²) in [6, 6.07) is 6.93.